The summed E-state index contributed by atoms with van der Waals surface area (Å²) in [5, 5.41) is 1.72. The maximum Gasteiger partial charge on any atom is 0.339 e. The summed E-state index contributed by atoms with van der Waals surface area (Å²) in [6.45, 7) is 3.60. The largest absolute Gasteiger partial charge is 0.425 e. The van der Waals surface area contributed by atoms with E-state index in [1.54, 1.807) is 31.3 Å². The van der Waals surface area contributed by atoms with Gasteiger partial charge < -0.3 is 14.1 Å². The van der Waals surface area contributed by atoms with Crippen LogP contribution in [0.1, 0.15) is 40.7 Å². The number of aryl methyl sites for hydroxylation is 3. The van der Waals surface area contributed by atoms with Gasteiger partial charge in [-0.1, -0.05) is 35.9 Å². The van der Waals surface area contributed by atoms with Crippen molar-refractivity contribution in [3.63, 3.8) is 0 Å². The van der Waals surface area contributed by atoms with E-state index in [0.29, 0.717) is 17.6 Å². The van der Waals surface area contributed by atoms with Gasteiger partial charge in [-0.15, -0.1) is 0 Å². The van der Waals surface area contributed by atoms with Crippen molar-refractivity contribution in [1.82, 2.24) is 9.71 Å². The molecule has 3 aromatic carbocycles. The first kappa shape index (κ1) is 27.0. The SMILES string of the molecule is Cc1ccc(S(=O)(=O)NC(Cc2c[nH]c3ccccc23)C(=O)Oc2ccc3c4c(c(=O)oc3c2C)CCCC4)cc1. The summed E-state index contributed by atoms with van der Waals surface area (Å²) in [7, 11) is -4.05. The molecule has 5 aromatic rings. The molecule has 1 aliphatic rings. The molecule has 0 spiro atoms. The molecule has 0 amide bonds. The van der Waals surface area contributed by atoms with E-state index in [0.717, 1.165) is 57.8 Å². The lowest BCUT2D eigenvalue weighted by Gasteiger charge is -2.20. The topological polar surface area (TPSA) is 118 Å². The summed E-state index contributed by atoms with van der Waals surface area (Å²) in [6, 6.07) is 16.3. The second kappa shape index (κ2) is 10.6. The van der Waals surface area contributed by atoms with Crippen LogP contribution in [0.25, 0.3) is 21.9 Å². The third-order valence-electron chi connectivity index (χ3n) is 7.81. The molecule has 2 N–H and O–H groups in total. The number of nitrogens with one attached hydrogen (secondary N) is 2. The fourth-order valence-corrected chi connectivity index (χ4v) is 6.77. The molecule has 6 rings (SSSR count). The second-order valence-corrected chi connectivity index (χ2v) is 12.3. The molecule has 2 aromatic heterocycles. The summed E-state index contributed by atoms with van der Waals surface area (Å²) in [5.41, 5.74) is 4.80. The van der Waals surface area contributed by atoms with E-state index in [1.165, 1.54) is 12.1 Å². The maximum absolute atomic E-state index is 13.7. The van der Waals surface area contributed by atoms with Gasteiger partial charge >= 0.3 is 11.6 Å². The number of hydrogen-bond acceptors (Lipinski definition) is 6. The number of rotatable bonds is 7. The summed E-state index contributed by atoms with van der Waals surface area (Å²) in [5.74, 6) is -0.561. The van der Waals surface area contributed by atoms with Gasteiger partial charge in [0.1, 0.15) is 17.4 Å². The third-order valence-corrected chi connectivity index (χ3v) is 9.30. The lowest BCUT2D eigenvalue weighted by Crippen LogP contribution is -2.44. The van der Waals surface area contributed by atoms with E-state index in [-0.39, 0.29) is 22.7 Å². The molecule has 210 valence electrons. The molecule has 2 heterocycles. The molecule has 0 aliphatic heterocycles. The standard InChI is InChI=1S/C32H30N2O6S/c1-19-11-13-22(14-12-19)41(37,38)34-28(17-21-18-33-27-10-6-5-7-23(21)27)32(36)39-29-16-15-25-24-8-3-4-9-26(24)31(35)40-30(25)20(29)2/h5-7,10-16,18,28,33-34H,3-4,8-9,17H2,1-2H3. The average molecular weight is 571 g/mol. The highest BCUT2D eigenvalue weighted by Crippen LogP contribution is 2.33. The van der Waals surface area contributed by atoms with Crippen LogP contribution in [0.5, 0.6) is 5.75 Å². The van der Waals surface area contributed by atoms with E-state index in [9.17, 15) is 18.0 Å². The Kier molecular flexibility index (Phi) is 7.01. The predicted octanol–water partition coefficient (Wildman–Crippen LogP) is 5.27. The highest BCUT2D eigenvalue weighted by molar-refractivity contribution is 7.89. The summed E-state index contributed by atoms with van der Waals surface area (Å²) >= 11 is 0. The first-order chi connectivity index (χ1) is 19.7. The van der Waals surface area contributed by atoms with Gasteiger partial charge in [-0.3, -0.25) is 0 Å². The van der Waals surface area contributed by atoms with Crippen LogP contribution in [0.2, 0.25) is 0 Å². The van der Waals surface area contributed by atoms with Crippen molar-refractivity contribution in [1.29, 1.82) is 0 Å². The molecular formula is C32H30N2O6S. The Bertz CT molecular complexity index is 1950. The zero-order valence-corrected chi connectivity index (χ0v) is 23.6. The molecule has 1 atom stereocenters. The number of sulfonamides is 1. The Hall–Kier alpha value is -4.21. The Morgan fingerprint density at radius 2 is 1.71 bits per heavy atom. The highest BCUT2D eigenvalue weighted by Gasteiger charge is 2.30. The van der Waals surface area contributed by atoms with Crippen molar-refractivity contribution in [2.75, 3.05) is 0 Å². The number of fused-ring (bicyclic) bond motifs is 4. The number of H-pyrrole nitrogens is 1. The lowest BCUT2D eigenvalue weighted by atomic mass is 9.90. The number of hydrogen-bond donors (Lipinski definition) is 2. The van der Waals surface area contributed by atoms with Crippen LogP contribution in [0.15, 0.2) is 81.0 Å². The van der Waals surface area contributed by atoms with Crippen LogP contribution in [0.4, 0.5) is 0 Å². The Labute approximate surface area is 237 Å². The van der Waals surface area contributed by atoms with Crippen molar-refractivity contribution in [2.45, 2.75) is 56.9 Å². The van der Waals surface area contributed by atoms with Crippen molar-refractivity contribution in [3.8, 4) is 5.75 Å². The van der Waals surface area contributed by atoms with Crippen molar-refractivity contribution >= 4 is 37.9 Å². The van der Waals surface area contributed by atoms with E-state index in [2.05, 4.69) is 9.71 Å². The molecule has 0 radical (unpaired) electrons. The number of aromatic amines is 1. The highest BCUT2D eigenvalue weighted by atomic mass is 32.2. The normalized spacial score (nSPS) is 14.2. The number of ether oxygens (including phenoxy) is 1. The van der Waals surface area contributed by atoms with Crippen LogP contribution >= 0.6 is 0 Å². The molecule has 1 unspecified atom stereocenters. The van der Waals surface area contributed by atoms with Gasteiger partial charge in [0, 0.05) is 40.0 Å². The maximum atomic E-state index is 13.7. The van der Waals surface area contributed by atoms with Gasteiger partial charge in [0.25, 0.3) is 0 Å². The van der Waals surface area contributed by atoms with Crippen LogP contribution < -0.4 is 15.1 Å². The molecule has 0 saturated carbocycles. The first-order valence-corrected chi connectivity index (χ1v) is 15.1. The minimum atomic E-state index is -4.05. The van der Waals surface area contributed by atoms with Crippen molar-refractivity contribution in [2.24, 2.45) is 0 Å². The van der Waals surface area contributed by atoms with Crippen molar-refractivity contribution < 1.29 is 22.4 Å². The smallest absolute Gasteiger partial charge is 0.339 e. The van der Waals surface area contributed by atoms with E-state index in [1.807, 2.05) is 37.3 Å². The fourth-order valence-electron chi connectivity index (χ4n) is 5.58. The van der Waals surface area contributed by atoms with Gasteiger partial charge in [-0.2, -0.15) is 4.72 Å². The Morgan fingerprint density at radius 3 is 2.49 bits per heavy atom. The molecule has 1 aliphatic carbocycles. The van der Waals surface area contributed by atoms with Gasteiger partial charge in [-0.05, 0) is 81.0 Å². The zero-order valence-electron chi connectivity index (χ0n) is 22.8. The summed E-state index contributed by atoms with van der Waals surface area (Å²) in [6.07, 6.45) is 5.27. The Morgan fingerprint density at radius 1 is 0.976 bits per heavy atom. The fraction of sp³-hybridized carbons (Fsp3) is 0.250. The van der Waals surface area contributed by atoms with E-state index in [4.69, 9.17) is 9.15 Å². The van der Waals surface area contributed by atoms with Crippen LogP contribution in [-0.2, 0) is 34.1 Å². The minimum Gasteiger partial charge on any atom is -0.425 e. The molecule has 0 fully saturated rings. The quantitative estimate of drug-likeness (QED) is 0.156. The zero-order chi connectivity index (χ0) is 28.7. The molecule has 0 saturated heterocycles. The van der Waals surface area contributed by atoms with Gasteiger partial charge in [-0.25, -0.2) is 18.0 Å². The van der Waals surface area contributed by atoms with Crippen molar-refractivity contribution in [3.05, 3.63) is 105 Å². The van der Waals surface area contributed by atoms with Gasteiger partial charge in [0.2, 0.25) is 10.0 Å². The minimum absolute atomic E-state index is 0.0493. The predicted molar refractivity (Wildman–Crippen MR) is 157 cm³/mol. The summed E-state index contributed by atoms with van der Waals surface area (Å²) < 4.78 is 40.8. The average Bonchev–Trinajstić information content (AvgIpc) is 3.37. The lowest BCUT2D eigenvalue weighted by molar-refractivity contribution is -0.136. The van der Waals surface area contributed by atoms with Gasteiger partial charge in [0.05, 0.1) is 4.90 Å². The van der Waals surface area contributed by atoms with Crippen LogP contribution in [-0.4, -0.2) is 25.4 Å². The number of benzene rings is 3. The molecule has 41 heavy (non-hydrogen) atoms. The monoisotopic (exact) mass is 570 g/mol. The molecule has 9 heteroatoms. The number of esters is 1. The third kappa shape index (κ3) is 5.18. The number of carbonyl (C=O) groups is 1. The Balaban J connectivity index is 1.35. The second-order valence-electron chi connectivity index (χ2n) is 10.6. The molecular weight excluding hydrogens is 540 g/mol. The number of para-hydroxylation sites is 1. The summed E-state index contributed by atoms with van der Waals surface area (Å²) in [4.78, 5) is 29.6. The molecule has 0 bridgehead atoms. The van der Waals surface area contributed by atoms with Crippen LogP contribution in [0.3, 0.4) is 0 Å². The molecule has 8 nitrogen and oxygen atoms in total. The van der Waals surface area contributed by atoms with E-state index >= 15 is 0 Å². The van der Waals surface area contributed by atoms with Crippen LogP contribution in [0, 0.1) is 13.8 Å². The number of aromatic nitrogens is 1. The number of carbonyl (C=O) groups excluding carboxylic acids is 1. The first-order valence-electron chi connectivity index (χ1n) is 13.6. The van der Waals surface area contributed by atoms with Gasteiger partial charge in [0.15, 0.2) is 0 Å². The van der Waals surface area contributed by atoms with E-state index < -0.39 is 22.0 Å².